The summed E-state index contributed by atoms with van der Waals surface area (Å²) < 4.78 is 5.54. The van der Waals surface area contributed by atoms with E-state index < -0.39 is 0 Å². The number of amides is 2. The van der Waals surface area contributed by atoms with E-state index in [2.05, 4.69) is 25.5 Å². The Kier molecular flexibility index (Phi) is 4.98. The van der Waals surface area contributed by atoms with Gasteiger partial charge in [0.15, 0.2) is 0 Å². The summed E-state index contributed by atoms with van der Waals surface area (Å²) >= 11 is 0. The summed E-state index contributed by atoms with van der Waals surface area (Å²) in [6, 6.07) is 5.30. The molecule has 0 radical (unpaired) electrons. The largest absolute Gasteiger partial charge is 0.464 e. The van der Waals surface area contributed by atoms with Gasteiger partial charge in [0.25, 0.3) is 0 Å². The molecule has 2 atom stereocenters. The zero-order valence-corrected chi connectivity index (χ0v) is 14.0. The van der Waals surface area contributed by atoms with Gasteiger partial charge in [-0.15, -0.1) is 0 Å². The summed E-state index contributed by atoms with van der Waals surface area (Å²) in [5, 5.41) is 5.95. The Bertz CT molecular complexity index is 673. The highest BCUT2D eigenvalue weighted by Gasteiger charge is 2.23. The molecule has 0 aromatic carbocycles. The van der Waals surface area contributed by atoms with Gasteiger partial charge in [0.2, 0.25) is 5.95 Å². The Morgan fingerprint density at radius 1 is 1.38 bits per heavy atom. The molecule has 3 heterocycles. The molecule has 1 aliphatic heterocycles. The average Bonchev–Trinajstić information content (AvgIpc) is 3.02. The summed E-state index contributed by atoms with van der Waals surface area (Å²) in [5.74, 6) is 2.30. The average molecular weight is 329 g/mol. The number of piperidine rings is 1. The first kappa shape index (κ1) is 16.3. The van der Waals surface area contributed by atoms with Crippen LogP contribution in [0.1, 0.15) is 37.3 Å². The Balaban J connectivity index is 1.52. The summed E-state index contributed by atoms with van der Waals surface area (Å²) in [5.41, 5.74) is 0. The van der Waals surface area contributed by atoms with Crippen LogP contribution < -0.4 is 15.5 Å². The van der Waals surface area contributed by atoms with E-state index in [1.807, 2.05) is 26.0 Å². The Morgan fingerprint density at radius 2 is 2.17 bits per heavy atom. The molecule has 1 aliphatic rings. The Labute approximate surface area is 141 Å². The van der Waals surface area contributed by atoms with Crippen molar-refractivity contribution in [3.8, 4) is 0 Å². The second-order valence-corrected chi connectivity index (χ2v) is 6.12. The lowest BCUT2D eigenvalue weighted by Gasteiger charge is -2.33. The number of aryl methyl sites for hydroxylation is 1. The SMILES string of the molecule is Cc1ccc([C@@H](C)NC(=O)N[C@@H]2CCCN(c3ncccn3)C2)o1. The van der Waals surface area contributed by atoms with Crippen molar-refractivity contribution in [1.29, 1.82) is 0 Å². The zero-order valence-electron chi connectivity index (χ0n) is 14.0. The van der Waals surface area contributed by atoms with Crippen molar-refractivity contribution in [3.05, 3.63) is 42.1 Å². The lowest BCUT2D eigenvalue weighted by Crippen LogP contribution is -2.51. The van der Waals surface area contributed by atoms with Gasteiger partial charge < -0.3 is 20.0 Å². The van der Waals surface area contributed by atoms with E-state index in [4.69, 9.17) is 4.42 Å². The van der Waals surface area contributed by atoms with Crippen molar-refractivity contribution in [2.45, 2.75) is 38.8 Å². The molecule has 24 heavy (non-hydrogen) atoms. The van der Waals surface area contributed by atoms with Crippen molar-refractivity contribution in [2.75, 3.05) is 18.0 Å². The third-order valence-electron chi connectivity index (χ3n) is 4.13. The van der Waals surface area contributed by atoms with E-state index in [1.165, 1.54) is 0 Å². The van der Waals surface area contributed by atoms with Crippen LogP contribution in [0.25, 0.3) is 0 Å². The molecule has 0 bridgehead atoms. The zero-order chi connectivity index (χ0) is 16.9. The van der Waals surface area contributed by atoms with Crippen LogP contribution in [0.4, 0.5) is 10.7 Å². The maximum absolute atomic E-state index is 12.2. The molecular weight excluding hydrogens is 306 g/mol. The van der Waals surface area contributed by atoms with Crippen molar-refractivity contribution >= 4 is 12.0 Å². The summed E-state index contributed by atoms with van der Waals surface area (Å²) in [4.78, 5) is 22.9. The highest BCUT2D eigenvalue weighted by atomic mass is 16.3. The number of hydrogen-bond acceptors (Lipinski definition) is 5. The maximum Gasteiger partial charge on any atom is 0.315 e. The number of furan rings is 1. The lowest BCUT2D eigenvalue weighted by molar-refractivity contribution is 0.230. The summed E-state index contributed by atoms with van der Waals surface area (Å²) in [7, 11) is 0. The fourth-order valence-electron chi connectivity index (χ4n) is 2.91. The predicted molar refractivity (Wildman–Crippen MR) is 90.8 cm³/mol. The van der Waals surface area contributed by atoms with Crippen LogP contribution >= 0.6 is 0 Å². The van der Waals surface area contributed by atoms with E-state index in [0.29, 0.717) is 12.5 Å². The van der Waals surface area contributed by atoms with Crippen LogP contribution in [0.5, 0.6) is 0 Å². The van der Waals surface area contributed by atoms with Crippen molar-refractivity contribution in [3.63, 3.8) is 0 Å². The van der Waals surface area contributed by atoms with E-state index in [1.54, 1.807) is 18.5 Å². The lowest BCUT2D eigenvalue weighted by atomic mass is 10.1. The van der Waals surface area contributed by atoms with Gasteiger partial charge in [-0.3, -0.25) is 0 Å². The topological polar surface area (TPSA) is 83.3 Å². The van der Waals surface area contributed by atoms with Gasteiger partial charge in [0.05, 0.1) is 6.04 Å². The van der Waals surface area contributed by atoms with Crippen LogP contribution in [0.15, 0.2) is 35.0 Å². The van der Waals surface area contributed by atoms with Gasteiger partial charge in [-0.05, 0) is 44.9 Å². The van der Waals surface area contributed by atoms with Crippen LogP contribution in [-0.4, -0.2) is 35.1 Å². The number of urea groups is 1. The van der Waals surface area contributed by atoms with E-state index in [0.717, 1.165) is 30.9 Å². The van der Waals surface area contributed by atoms with E-state index in [-0.39, 0.29) is 18.1 Å². The minimum absolute atomic E-state index is 0.0769. The molecule has 2 N–H and O–H groups in total. The highest BCUT2D eigenvalue weighted by Crippen LogP contribution is 2.17. The molecule has 7 nitrogen and oxygen atoms in total. The van der Waals surface area contributed by atoms with Gasteiger partial charge >= 0.3 is 6.03 Å². The first-order valence-corrected chi connectivity index (χ1v) is 8.27. The van der Waals surface area contributed by atoms with Crippen LogP contribution in [-0.2, 0) is 0 Å². The third kappa shape index (κ3) is 4.04. The number of aromatic nitrogens is 2. The van der Waals surface area contributed by atoms with Gasteiger partial charge in [0, 0.05) is 31.5 Å². The monoisotopic (exact) mass is 329 g/mol. The summed E-state index contributed by atoms with van der Waals surface area (Å²) in [6.07, 6.45) is 5.42. The first-order valence-electron chi connectivity index (χ1n) is 8.27. The number of anilines is 1. The number of nitrogens with one attached hydrogen (secondary N) is 2. The number of carbonyl (C=O) groups excluding carboxylic acids is 1. The first-order chi connectivity index (χ1) is 11.6. The van der Waals surface area contributed by atoms with Gasteiger partial charge in [-0.1, -0.05) is 0 Å². The molecule has 0 aliphatic carbocycles. The molecule has 0 unspecified atom stereocenters. The molecule has 0 spiro atoms. The van der Waals surface area contributed by atoms with Gasteiger partial charge in [-0.2, -0.15) is 0 Å². The molecule has 0 saturated carbocycles. The third-order valence-corrected chi connectivity index (χ3v) is 4.13. The smallest absolute Gasteiger partial charge is 0.315 e. The van der Waals surface area contributed by atoms with Crippen molar-refractivity contribution < 1.29 is 9.21 Å². The van der Waals surface area contributed by atoms with Gasteiger partial charge in [0.1, 0.15) is 11.5 Å². The summed E-state index contributed by atoms with van der Waals surface area (Å²) in [6.45, 7) is 5.42. The fraction of sp³-hybridized carbons (Fsp3) is 0.471. The van der Waals surface area contributed by atoms with E-state index in [9.17, 15) is 4.79 Å². The number of rotatable bonds is 4. The highest BCUT2D eigenvalue weighted by molar-refractivity contribution is 5.74. The molecule has 2 aromatic heterocycles. The van der Waals surface area contributed by atoms with E-state index >= 15 is 0 Å². The second-order valence-electron chi connectivity index (χ2n) is 6.12. The van der Waals surface area contributed by atoms with Gasteiger partial charge in [-0.25, -0.2) is 14.8 Å². The molecular formula is C17H23N5O2. The standard InChI is InChI=1S/C17H23N5O2/c1-12-6-7-15(24-12)13(2)20-17(23)21-14-5-3-10-22(11-14)16-18-8-4-9-19-16/h4,6-9,13-14H,3,5,10-11H2,1-2H3,(H2,20,21,23)/t13-,14-/m1/s1. The van der Waals surface area contributed by atoms with Crippen molar-refractivity contribution in [2.24, 2.45) is 0 Å². The maximum atomic E-state index is 12.2. The molecule has 7 heteroatoms. The van der Waals surface area contributed by atoms with Crippen LogP contribution in [0.2, 0.25) is 0 Å². The van der Waals surface area contributed by atoms with Crippen LogP contribution in [0.3, 0.4) is 0 Å². The molecule has 1 saturated heterocycles. The predicted octanol–water partition coefficient (Wildman–Crippen LogP) is 2.41. The van der Waals surface area contributed by atoms with Crippen molar-refractivity contribution in [1.82, 2.24) is 20.6 Å². The molecule has 3 rings (SSSR count). The fourth-order valence-corrected chi connectivity index (χ4v) is 2.91. The quantitative estimate of drug-likeness (QED) is 0.900. The molecule has 1 fully saturated rings. The number of nitrogens with zero attached hydrogens (tertiary/aromatic N) is 3. The Hall–Kier alpha value is -2.57. The minimum Gasteiger partial charge on any atom is -0.464 e. The molecule has 2 aromatic rings. The van der Waals surface area contributed by atoms with Crippen LogP contribution in [0, 0.1) is 6.92 Å². The minimum atomic E-state index is -0.183. The Morgan fingerprint density at radius 3 is 2.88 bits per heavy atom. The molecule has 128 valence electrons. The number of hydrogen-bond donors (Lipinski definition) is 2. The normalized spacial score (nSPS) is 18.9. The number of carbonyl (C=O) groups is 1. The second kappa shape index (κ2) is 7.33. The molecule has 2 amide bonds.